The highest BCUT2D eigenvalue weighted by molar-refractivity contribution is 6.85. The summed E-state index contributed by atoms with van der Waals surface area (Å²) in [6, 6.07) is 10.8. The Hall–Kier alpha value is -8.30. The summed E-state index contributed by atoms with van der Waals surface area (Å²) in [7, 11) is 0.324. The standard InChI is InChI=1S/C78H36O10Si/c1-71(2,3)84-86-73-57-47-37-27-22-17-18-20-21-19(17)24-30-28(22)38(37)48-50-40(30)44-34(24)36-26(21)32-31-25(20)35-33-23(18)29(27)39-43(33)53-55-45(35)41(31)51-52-42(32)46(36)56-54(44)64-60(50)74(58(48)57,87-85-72(4,5)6)68-67(73)69-75(79)70(68)83-78(64,81-8)66(56)62(52)76(75,88-89(9,10)16-14-12-11-13-15-16)61(51)65(55)77(80-7,82-69)63(53)59(73)49(39)47/h11-15,79H,1-10H3. The molecule has 4 aliphatic heterocycles. The van der Waals surface area contributed by atoms with Crippen LogP contribution in [-0.4, -0.2) is 44.4 Å². The van der Waals surface area contributed by atoms with Crippen molar-refractivity contribution in [3.63, 3.8) is 0 Å². The van der Waals surface area contributed by atoms with Gasteiger partial charge in [-0.15, -0.1) is 0 Å². The van der Waals surface area contributed by atoms with E-state index in [1.165, 1.54) is 162 Å². The van der Waals surface area contributed by atoms with E-state index in [1.807, 2.05) is 14.2 Å². The van der Waals surface area contributed by atoms with Gasteiger partial charge in [-0.3, -0.25) is 0 Å². The molecule has 89 heavy (non-hydrogen) atoms. The summed E-state index contributed by atoms with van der Waals surface area (Å²) in [5, 5.41) is 70.1. The first-order chi connectivity index (χ1) is 43.0. The van der Waals surface area contributed by atoms with Gasteiger partial charge in [0.05, 0.1) is 11.2 Å². The van der Waals surface area contributed by atoms with Crippen molar-refractivity contribution >= 4 is 229 Å². The van der Waals surface area contributed by atoms with Gasteiger partial charge in [-0.1, -0.05) is 30.3 Å². The summed E-state index contributed by atoms with van der Waals surface area (Å²) < 4.78 is 42.1. The van der Waals surface area contributed by atoms with Crippen molar-refractivity contribution in [1.82, 2.24) is 0 Å². The lowest BCUT2D eigenvalue weighted by molar-refractivity contribution is -0.402. The largest absolute Gasteiger partial charge is 0.454 e. The van der Waals surface area contributed by atoms with Gasteiger partial charge in [0.1, 0.15) is 0 Å². The molecule has 0 amide bonds. The van der Waals surface area contributed by atoms with E-state index >= 15 is 5.11 Å². The Balaban J connectivity index is 1.05. The molecular formula is C78H36O10Si. The first-order valence-corrected chi connectivity index (χ1v) is 34.9. The predicted molar refractivity (Wildman–Crippen MR) is 345 cm³/mol. The molecule has 0 fully saturated rings. The van der Waals surface area contributed by atoms with Gasteiger partial charge in [0.2, 0.25) is 13.9 Å². The zero-order chi connectivity index (χ0) is 57.2. The molecule has 4 heterocycles. The number of aliphatic hydroxyl groups is 1. The normalized spacial score (nSPS) is 28.6. The van der Waals surface area contributed by atoms with E-state index in [2.05, 4.69) is 85.0 Å². The molecule has 22 aromatic rings. The quantitative estimate of drug-likeness (QED) is 0.0650. The average molecular weight is 1160 g/mol. The third kappa shape index (κ3) is 2.64. The first-order valence-electron chi connectivity index (χ1n) is 32.0. The summed E-state index contributed by atoms with van der Waals surface area (Å²) >= 11 is 0. The zero-order valence-electron chi connectivity index (χ0n) is 49.0. The van der Waals surface area contributed by atoms with Gasteiger partial charge >= 0.3 is 0 Å². The fourth-order valence-electron chi connectivity index (χ4n) is 26.2. The Kier molecular flexibility index (Phi) is 4.51. The van der Waals surface area contributed by atoms with Gasteiger partial charge in [-0.2, -0.15) is 0 Å². The summed E-state index contributed by atoms with van der Waals surface area (Å²) in [5.41, 5.74) is 1.31. The molecule has 0 saturated carbocycles. The minimum atomic E-state index is -3.37. The molecule has 4 unspecified atom stereocenters. The SMILES string of the molecule is COC12OC3=C4C5=C6OC7(OC)c8c9c%10c%11c(c%12c%13c%14c(c1c1c%15c2c2c%16c%17c(c7c7c8c8c%10c%10c%18c%11c%13c%11c%13c%14c1c1c%14c%15c%16c%15c%16c%17c7c7c8c%10c8c(c%11%18)c(c1%13)c(c%14%15)c8c7%16)C2(O[Si](C)(C)c1ccccc1)C36O)C4%12OOC(C)(C)C)C59OOC(C)(C)C. The predicted octanol–water partition coefficient (Wildman–Crippen LogP) is 16.6. The lowest BCUT2D eigenvalue weighted by Gasteiger charge is -2.47. The maximum Gasteiger partial charge on any atom is 0.265 e. The number of hydrogen-bond acceptors (Lipinski definition) is 10. The minimum Gasteiger partial charge on any atom is -0.454 e. The fraction of sp³-hybridized carbons (Fsp3) is 0.231. The molecule has 0 radical (unpaired) electrons. The van der Waals surface area contributed by atoms with Gasteiger partial charge in [0.25, 0.3) is 11.6 Å². The summed E-state index contributed by atoms with van der Waals surface area (Å²) in [6.45, 7) is 17.1. The fourth-order valence-corrected chi connectivity index (χ4v) is 28.4. The van der Waals surface area contributed by atoms with E-state index in [9.17, 15) is 0 Å². The first kappa shape index (κ1) is 41.1. The van der Waals surface area contributed by atoms with Crippen LogP contribution in [0.5, 0.6) is 0 Å². The van der Waals surface area contributed by atoms with Crippen LogP contribution in [0.1, 0.15) is 97.2 Å². The molecule has 412 valence electrons. The maximum atomic E-state index is 17.0. The van der Waals surface area contributed by atoms with Crippen LogP contribution in [0.15, 0.2) is 53.0 Å². The lowest BCUT2D eigenvalue weighted by atomic mass is 9.63. The Labute approximate surface area is 497 Å². The summed E-state index contributed by atoms with van der Waals surface area (Å²) in [4.78, 5) is 31.0. The Morgan fingerprint density at radius 1 is 0.348 bits per heavy atom. The van der Waals surface area contributed by atoms with Crippen LogP contribution in [0.25, 0.3) is 215 Å². The van der Waals surface area contributed by atoms with E-state index in [4.69, 9.17) is 42.9 Å². The van der Waals surface area contributed by atoms with Crippen LogP contribution < -0.4 is 5.19 Å². The molecule has 10 nitrogen and oxygen atoms in total. The van der Waals surface area contributed by atoms with E-state index in [-0.39, 0.29) is 11.5 Å². The van der Waals surface area contributed by atoms with Gasteiger partial charge in [0.15, 0.2) is 28.3 Å². The van der Waals surface area contributed by atoms with Crippen molar-refractivity contribution in [2.45, 2.75) is 99.8 Å². The van der Waals surface area contributed by atoms with E-state index in [0.29, 0.717) is 11.1 Å². The summed E-state index contributed by atoms with van der Waals surface area (Å²) in [6.07, 6.45) is 0. The molecule has 11 aliphatic rings. The van der Waals surface area contributed by atoms with Crippen molar-refractivity contribution in [3.8, 4) is 0 Å². The molecule has 1 N–H and O–H groups in total. The van der Waals surface area contributed by atoms with Crippen molar-refractivity contribution in [3.05, 3.63) is 109 Å². The summed E-state index contributed by atoms with van der Waals surface area (Å²) in [5.74, 6) is -2.88. The van der Waals surface area contributed by atoms with Crippen LogP contribution >= 0.6 is 0 Å². The number of hydrogen-bond donors (Lipinski definition) is 1. The highest BCUT2D eigenvalue weighted by atomic mass is 28.4. The molecule has 4 bridgehead atoms. The smallest absolute Gasteiger partial charge is 0.265 e. The molecule has 22 aromatic carbocycles. The van der Waals surface area contributed by atoms with Gasteiger partial charge in [-0.25, -0.2) is 19.6 Å². The highest BCUT2D eigenvalue weighted by Gasteiger charge is 2.85. The maximum absolute atomic E-state index is 17.0. The number of rotatable bonds is 9. The molecular weight excluding hydrogens is 1120 g/mol. The zero-order valence-corrected chi connectivity index (χ0v) is 50.0. The Morgan fingerprint density at radius 3 is 0.876 bits per heavy atom. The second-order valence-corrected chi connectivity index (χ2v) is 36.1. The number of benzene rings is 16. The van der Waals surface area contributed by atoms with Crippen molar-refractivity contribution in [2.24, 2.45) is 0 Å². The van der Waals surface area contributed by atoms with Crippen LogP contribution in [0.3, 0.4) is 0 Å². The Morgan fingerprint density at radius 2 is 0.596 bits per heavy atom. The van der Waals surface area contributed by atoms with E-state index in [0.717, 1.165) is 115 Å². The topological polar surface area (TPSA) is 103 Å². The molecule has 33 rings (SSSR count). The van der Waals surface area contributed by atoms with E-state index in [1.54, 1.807) is 0 Å². The third-order valence-electron chi connectivity index (χ3n) is 27.3. The van der Waals surface area contributed by atoms with Gasteiger partial charge in [0, 0.05) is 103 Å². The second-order valence-electron chi connectivity index (χ2n) is 32.3. The molecule has 0 spiro atoms. The lowest BCUT2D eigenvalue weighted by Crippen LogP contribution is -2.61. The monoisotopic (exact) mass is 1160 g/mol. The molecule has 0 aromatic heterocycles. The Bertz CT molecular complexity index is 7230. The van der Waals surface area contributed by atoms with Crippen molar-refractivity contribution in [1.29, 1.82) is 0 Å². The van der Waals surface area contributed by atoms with Crippen molar-refractivity contribution < 1.29 is 48.0 Å². The third-order valence-corrected chi connectivity index (χ3v) is 29.8. The highest BCUT2D eigenvalue weighted by Crippen LogP contribution is 2.88. The second kappa shape index (κ2) is 9.78. The van der Waals surface area contributed by atoms with E-state index < -0.39 is 53.5 Å². The molecule has 7 aliphatic carbocycles. The van der Waals surface area contributed by atoms with Crippen LogP contribution in [0.2, 0.25) is 13.1 Å². The number of ether oxygens (including phenoxy) is 4. The van der Waals surface area contributed by atoms with Crippen LogP contribution in [-0.2, 0) is 71.3 Å². The number of methoxy groups -OCH3 is 2. The van der Waals surface area contributed by atoms with Crippen LogP contribution in [0.4, 0.5) is 0 Å². The molecule has 0 saturated heterocycles. The van der Waals surface area contributed by atoms with Crippen molar-refractivity contribution in [2.75, 3.05) is 14.2 Å². The molecule has 4 atom stereocenters. The minimum absolute atomic E-state index is 0.262. The van der Waals surface area contributed by atoms with Gasteiger partial charge < -0.3 is 28.5 Å². The average Bonchev–Trinajstić information content (AvgIpc) is 1.38. The van der Waals surface area contributed by atoms with Gasteiger partial charge in [-0.05, 0) is 254 Å². The van der Waals surface area contributed by atoms with Crippen LogP contribution in [0, 0.1) is 0 Å². The molecule has 11 heteroatoms.